The molecule has 0 aliphatic rings. The summed E-state index contributed by atoms with van der Waals surface area (Å²) in [7, 11) is 1.58. The number of amides is 1. The Morgan fingerprint density at radius 1 is 1.13 bits per heavy atom. The predicted molar refractivity (Wildman–Crippen MR) is 129 cm³/mol. The lowest BCUT2D eigenvalue weighted by molar-refractivity contribution is -0.113. The third-order valence-electron chi connectivity index (χ3n) is 4.80. The molecule has 0 radical (unpaired) electrons. The van der Waals surface area contributed by atoms with Crippen LogP contribution in [0.4, 0.5) is 5.69 Å². The van der Waals surface area contributed by atoms with Crippen molar-refractivity contribution in [2.24, 2.45) is 0 Å². The molecule has 0 spiro atoms. The van der Waals surface area contributed by atoms with Crippen LogP contribution in [-0.4, -0.2) is 34.9 Å². The van der Waals surface area contributed by atoms with E-state index in [1.165, 1.54) is 11.8 Å². The predicted octanol–water partition coefficient (Wildman–Crippen LogP) is 4.69. The van der Waals surface area contributed by atoms with E-state index < -0.39 is 0 Å². The van der Waals surface area contributed by atoms with Crippen LogP contribution in [0, 0.1) is 0 Å². The van der Waals surface area contributed by atoms with Gasteiger partial charge in [-0.05, 0) is 29.7 Å². The van der Waals surface area contributed by atoms with Crippen molar-refractivity contribution in [1.82, 2.24) is 9.55 Å². The molecule has 0 aliphatic carbocycles. The van der Waals surface area contributed by atoms with Crippen LogP contribution in [0.5, 0.6) is 0 Å². The fourth-order valence-electron chi connectivity index (χ4n) is 3.31. The summed E-state index contributed by atoms with van der Waals surface area (Å²) in [6.45, 7) is 0.731. The highest BCUT2D eigenvalue weighted by atomic mass is 79.9. The molecule has 0 bridgehead atoms. The van der Waals surface area contributed by atoms with Gasteiger partial charge in [0.1, 0.15) is 0 Å². The van der Waals surface area contributed by atoms with Gasteiger partial charge in [0, 0.05) is 22.7 Å². The molecular weight excluding hydrogens is 478 g/mol. The van der Waals surface area contributed by atoms with E-state index in [0.29, 0.717) is 29.2 Å². The molecule has 1 amide bonds. The maximum absolute atomic E-state index is 13.0. The smallest absolute Gasteiger partial charge is 0.262 e. The molecule has 6 nitrogen and oxygen atoms in total. The molecule has 8 heteroatoms. The van der Waals surface area contributed by atoms with Gasteiger partial charge >= 0.3 is 0 Å². The van der Waals surface area contributed by atoms with Crippen molar-refractivity contribution in [3.63, 3.8) is 0 Å². The van der Waals surface area contributed by atoms with Gasteiger partial charge in [-0.3, -0.25) is 14.2 Å². The van der Waals surface area contributed by atoms with Gasteiger partial charge in [-0.15, -0.1) is 0 Å². The van der Waals surface area contributed by atoms with Crippen molar-refractivity contribution in [3.05, 3.63) is 75.5 Å². The van der Waals surface area contributed by atoms with Crippen LogP contribution in [0.2, 0.25) is 0 Å². The van der Waals surface area contributed by atoms with E-state index in [4.69, 9.17) is 4.74 Å². The van der Waals surface area contributed by atoms with Crippen LogP contribution < -0.4 is 10.9 Å². The number of benzene rings is 3. The number of ether oxygens (including phenoxy) is 1. The highest BCUT2D eigenvalue weighted by Gasteiger charge is 2.14. The minimum atomic E-state index is -0.162. The number of methoxy groups -OCH3 is 1. The highest BCUT2D eigenvalue weighted by Crippen LogP contribution is 2.24. The summed E-state index contributed by atoms with van der Waals surface area (Å²) in [5, 5.41) is 6.03. The first-order chi connectivity index (χ1) is 15.1. The molecule has 3 aromatic carbocycles. The number of carbonyl (C=O) groups excluding carboxylic acids is 1. The summed E-state index contributed by atoms with van der Waals surface area (Å²) in [5.74, 6) is -0.0326. The Kier molecular flexibility index (Phi) is 6.70. The fraction of sp³-hybridized carbons (Fsp3) is 0.174. The average Bonchev–Trinajstić information content (AvgIpc) is 2.78. The molecule has 0 fully saturated rings. The molecule has 0 aliphatic heterocycles. The number of fused-ring (bicyclic) bond motifs is 2. The van der Waals surface area contributed by atoms with Crippen LogP contribution in [0.15, 0.2) is 75.1 Å². The Morgan fingerprint density at radius 2 is 1.94 bits per heavy atom. The normalized spacial score (nSPS) is 11.2. The van der Waals surface area contributed by atoms with E-state index in [1.54, 1.807) is 23.8 Å². The molecular formula is C23H20BrN3O3S. The Bertz CT molecular complexity index is 1320. The third kappa shape index (κ3) is 4.81. The number of thioether (sulfide) groups is 1. The number of nitrogens with one attached hydrogen (secondary N) is 1. The Labute approximate surface area is 191 Å². The summed E-state index contributed by atoms with van der Waals surface area (Å²) in [5.41, 5.74) is 1.20. The standard InChI is InChI=1S/C23H20BrN3O3S/c1-30-12-11-27-22(29)18-13-16(24)9-10-20(18)26-23(27)31-14-21(28)25-19-8-4-6-15-5-2-3-7-17(15)19/h2-10,13H,11-12,14H2,1H3,(H,25,28). The molecule has 1 N–H and O–H groups in total. The molecule has 1 heterocycles. The summed E-state index contributed by atoms with van der Waals surface area (Å²) >= 11 is 4.64. The third-order valence-corrected chi connectivity index (χ3v) is 6.27. The second-order valence-electron chi connectivity index (χ2n) is 6.87. The van der Waals surface area contributed by atoms with Crippen molar-refractivity contribution in [2.75, 3.05) is 24.8 Å². The lowest BCUT2D eigenvalue weighted by Gasteiger charge is -2.13. The van der Waals surface area contributed by atoms with Gasteiger partial charge in [0.25, 0.3) is 5.56 Å². The lowest BCUT2D eigenvalue weighted by Crippen LogP contribution is -2.26. The topological polar surface area (TPSA) is 73.2 Å². The van der Waals surface area contributed by atoms with Gasteiger partial charge in [0.2, 0.25) is 5.91 Å². The van der Waals surface area contributed by atoms with Crippen LogP contribution >= 0.6 is 27.7 Å². The quantitative estimate of drug-likeness (QED) is 0.296. The van der Waals surface area contributed by atoms with Gasteiger partial charge in [0.15, 0.2) is 5.16 Å². The number of anilines is 1. The maximum Gasteiger partial charge on any atom is 0.262 e. The van der Waals surface area contributed by atoms with Gasteiger partial charge in [0.05, 0.1) is 29.8 Å². The average molecular weight is 498 g/mol. The number of carbonyl (C=O) groups is 1. The summed E-state index contributed by atoms with van der Waals surface area (Å²) in [4.78, 5) is 30.3. The molecule has 0 unspecified atom stereocenters. The van der Waals surface area contributed by atoms with E-state index in [9.17, 15) is 9.59 Å². The van der Waals surface area contributed by atoms with Gasteiger partial charge in [-0.2, -0.15) is 0 Å². The number of hydrogen-bond donors (Lipinski definition) is 1. The van der Waals surface area contributed by atoms with E-state index in [-0.39, 0.29) is 17.2 Å². The first-order valence-electron chi connectivity index (χ1n) is 9.66. The van der Waals surface area contributed by atoms with Crippen LogP contribution in [0.1, 0.15) is 0 Å². The molecule has 0 saturated heterocycles. The zero-order chi connectivity index (χ0) is 21.8. The molecule has 4 rings (SSSR count). The van der Waals surface area contributed by atoms with E-state index in [0.717, 1.165) is 20.9 Å². The Morgan fingerprint density at radius 3 is 2.77 bits per heavy atom. The Hall–Kier alpha value is -2.68. The fourth-order valence-corrected chi connectivity index (χ4v) is 4.50. The van der Waals surface area contributed by atoms with Crippen LogP contribution in [0.25, 0.3) is 21.7 Å². The Balaban J connectivity index is 1.58. The minimum Gasteiger partial charge on any atom is -0.383 e. The van der Waals surface area contributed by atoms with Crippen molar-refractivity contribution < 1.29 is 9.53 Å². The lowest BCUT2D eigenvalue weighted by atomic mass is 10.1. The van der Waals surface area contributed by atoms with Crippen LogP contribution in [0.3, 0.4) is 0 Å². The van der Waals surface area contributed by atoms with Crippen molar-refractivity contribution in [2.45, 2.75) is 11.7 Å². The first-order valence-corrected chi connectivity index (χ1v) is 11.4. The molecule has 1 aromatic heterocycles. The zero-order valence-electron chi connectivity index (χ0n) is 16.8. The minimum absolute atomic E-state index is 0.130. The highest BCUT2D eigenvalue weighted by molar-refractivity contribution is 9.10. The number of hydrogen-bond acceptors (Lipinski definition) is 5. The van der Waals surface area contributed by atoms with E-state index in [1.807, 2.05) is 48.5 Å². The maximum atomic E-state index is 13.0. The molecule has 0 atom stereocenters. The van der Waals surface area contributed by atoms with Gasteiger partial charge in [-0.25, -0.2) is 4.98 Å². The van der Waals surface area contributed by atoms with Crippen molar-refractivity contribution in [3.8, 4) is 0 Å². The van der Waals surface area contributed by atoms with Crippen molar-refractivity contribution in [1.29, 1.82) is 0 Å². The summed E-state index contributed by atoms with van der Waals surface area (Å²) < 4.78 is 7.53. The number of aromatic nitrogens is 2. The molecule has 158 valence electrons. The van der Waals surface area contributed by atoms with E-state index >= 15 is 0 Å². The largest absolute Gasteiger partial charge is 0.383 e. The van der Waals surface area contributed by atoms with E-state index in [2.05, 4.69) is 26.2 Å². The van der Waals surface area contributed by atoms with Gasteiger partial charge < -0.3 is 10.1 Å². The van der Waals surface area contributed by atoms with Crippen molar-refractivity contribution >= 4 is 61.0 Å². The first kappa shape index (κ1) is 21.5. The summed E-state index contributed by atoms with van der Waals surface area (Å²) in [6.07, 6.45) is 0. The SMILES string of the molecule is COCCn1c(SCC(=O)Nc2cccc3ccccc23)nc2ccc(Br)cc2c1=O. The van der Waals surface area contributed by atoms with Gasteiger partial charge in [-0.1, -0.05) is 64.1 Å². The molecule has 0 saturated carbocycles. The monoisotopic (exact) mass is 497 g/mol. The molecule has 4 aromatic rings. The zero-order valence-corrected chi connectivity index (χ0v) is 19.2. The second kappa shape index (κ2) is 9.64. The summed E-state index contributed by atoms with van der Waals surface area (Å²) in [6, 6.07) is 19.1. The molecule has 31 heavy (non-hydrogen) atoms. The number of nitrogens with zero attached hydrogens (tertiary/aromatic N) is 2. The number of rotatable bonds is 7. The second-order valence-corrected chi connectivity index (χ2v) is 8.73. The van der Waals surface area contributed by atoms with Crippen LogP contribution in [-0.2, 0) is 16.1 Å². The number of halogens is 1.